The molecule has 0 radical (unpaired) electrons. The van der Waals surface area contributed by atoms with Crippen molar-refractivity contribution in [3.63, 3.8) is 0 Å². The second kappa shape index (κ2) is 4.88. The minimum atomic E-state index is -0.284. The highest BCUT2D eigenvalue weighted by atomic mass is 32.1. The van der Waals surface area contributed by atoms with Crippen LogP contribution in [-0.2, 0) is 12.8 Å². The lowest BCUT2D eigenvalue weighted by Gasteiger charge is -2.17. The van der Waals surface area contributed by atoms with E-state index in [1.54, 1.807) is 11.3 Å². The molecule has 0 saturated carbocycles. The smallest absolute Gasteiger partial charge is 0.266 e. The highest BCUT2D eigenvalue weighted by Gasteiger charge is 2.23. The molecule has 0 spiro atoms. The summed E-state index contributed by atoms with van der Waals surface area (Å²) in [5.41, 5.74) is 1.21. The van der Waals surface area contributed by atoms with Crippen LogP contribution in [0.5, 0.6) is 0 Å². The second-order valence-electron chi connectivity index (χ2n) is 5.74. The average molecular weight is 314 g/mol. The van der Waals surface area contributed by atoms with E-state index in [-0.39, 0.29) is 11.1 Å². The van der Waals surface area contributed by atoms with Crippen LogP contribution in [0.4, 0.5) is 0 Å². The molecule has 0 aromatic carbocycles. The summed E-state index contributed by atoms with van der Waals surface area (Å²) in [6.45, 7) is 2.24. The normalized spacial score (nSPS) is 17.6. The molecule has 4 rings (SSSR count). The fourth-order valence-electron chi connectivity index (χ4n) is 2.94. The topological polar surface area (TPSA) is 91.5 Å². The maximum Gasteiger partial charge on any atom is 0.266 e. The molecular formula is C15H14N4O2S. The monoisotopic (exact) mass is 314 g/mol. The van der Waals surface area contributed by atoms with Crippen molar-refractivity contribution in [2.24, 2.45) is 5.92 Å². The zero-order valence-electron chi connectivity index (χ0n) is 12.0. The molecule has 6 nitrogen and oxygen atoms in total. The highest BCUT2D eigenvalue weighted by Crippen LogP contribution is 2.35. The zero-order chi connectivity index (χ0) is 15.3. The van der Waals surface area contributed by atoms with Gasteiger partial charge in [-0.3, -0.25) is 9.59 Å². The standard InChI is InChI=1S/C15H14N4O2S/c1-7-2-3-8-10(4-7)22-15-12(8)14(21)18-13(19-15)9-5-17-11(20)6-16-9/h5-7H,2-4H2,1H3,(H,17,20)(H,18,19,21)/t7-/m0/s1. The lowest BCUT2D eigenvalue weighted by atomic mass is 9.89. The SMILES string of the molecule is C[C@H]1CCc2c(sc3nc(-c4c[nH]c(=O)cn4)[nH]c(=O)c23)C1. The molecule has 22 heavy (non-hydrogen) atoms. The van der Waals surface area contributed by atoms with Gasteiger partial charge < -0.3 is 9.97 Å². The number of aromatic nitrogens is 4. The third kappa shape index (κ3) is 2.09. The number of hydrogen-bond acceptors (Lipinski definition) is 5. The number of aryl methyl sites for hydroxylation is 1. The summed E-state index contributed by atoms with van der Waals surface area (Å²) in [7, 11) is 0. The molecule has 1 aliphatic rings. The first-order valence-electron chi connectivity index (χ1n) is 7.21. The van der Waals surface area contributed by atoms with E-state index in [4.69, 9.17) is 0 Å². The number of rotatable bonds is 1. The van der Waals surface area contributed by atoms with Crippen LogP contribution in [0.15, 0.2) is 22.0 Å². The third-order valence-corrected chi connectivity index (χ3v) is 5.23. The summed E-state index contributed by atoms with van der Waals surface area (Å²) in [5, 5.41) is 0.722. The van der Waals surface area contributed by atoms with Crippen LogP contribution in [0.25, 0.3) is 21.7 Å². The molecule has 0 fully saturated rings. The fourth-order valence-corrected chi connectivity index (χ4v) is 4.33. The molecule has 3 aromatic rings. The van der Waals surface area contributed by atoms with Crippen molar-refractivity contribution in [2.75, 3.05) is 0 Å². The summed E-state index contributed by atoms with van der Waals surface area (Å²) in [4.78, 5) is 39.5. The predicted molar refractivity (Wildman–Crippen MR) is 85.3 cm³/mol. The molecule has 0 amide bonds. The second-order valence-corrected chi connectivity index (χ2v) is 6.83. The molecule has 3 heterocycles. The van der Waals surface area contributed by atoms with E-state index in [0.717, 1.165) is 35.0 Å². The van der Waals surface area contributed by atoms with Crippen LogP contribution in [0.3, 0.4) is 0 Å². The van der Waals surface area contributed by atoms with Gasteiger partial charge in [0.05, 0.1) is 11.6 Å². The molecular weight excluding hydrogens is 300 g/mol. The van der Waals surface area contributed by atoms with E-state index in [0.29, 0.717) is 17.4 Å². The Kier molecular flexibility index (Phi) is 2.97. The van der Waals surface area contributed by atoms with Crippen molar-refractivity contribution in [1.29, 1.82) is 0 Å². The lowest BCUT2D eigenvalue weighted by Crippen LogP contribution is -2.14. The Bertz CT molecular complexity index is 965. The molecule has 0 unspecified atom stereocenters. The zero-order valence-corrected chi connectivity index (χ0v) is 12.8. The van der Waals surface area contributed by atoms with Crippen molar-refractivity contribution in [1.82, 2.24) is 19.9 Å². The van der Waals surface area contributed by atoms with Crippen molar-refractivity contribution in [3.8, 4) is 11.5 Å². The summed E-state index contributed by atoms with van der Waals surface area (Å²) in [6, 6.07) is 0. The molecule has 1 atom stereocenters. The number of fused-ring (bicyclic) bond motifs is 3. The highest BCUT2D eigenvalue weighted by molar-refractivity contribution is 7.18. The van der Waals surface area contributed by atoms with Crippen LogP contribution in [0, 0.1) is 5.92 Å². The number of H-pyrrole nitrogens is 2. The van der Waals surface area contributed by atoms with Crippen molar-refractivity contribution in [3.05, 3.63) is 43.5 Å². The Balaban J connectivity index is 1.92. The third-order valence-electron chi connectivity index (χ3n) is 4.08. The average Bonchev–Trinajstić information content (AvgIpc) is 2.85. The molecule has 7 heteroatoms. The number of aromatic amines is 2. The van der Waals surface area contributed by atoms with Gasteiger partial charge >= 0.3 is 0 Å². The minimum absolute atomic E-state index is 0.125. The molecule has 3 aromatic heterocycles. The summed E-state index contributed by atoms with van der Waals surface area (Å²) >= 11 is 1.60. The first-order valence-corrected chi connectivity index (χ1v) is 8.03. The van der Waals surface area contributed by atoms with Crippen molar-refractivity contribution >= 4 is 21.6 Å². The molecule has 0 saturated heterocycles. The Morgan fingerprint density at radius 1 is 1.36 bits per heavy atom. The van der Waals surface area contributed by atoms with Crippen LogP contribution < -0.4 is 11.1 Å². The maximum atomic E-state index is 12.5. The van der Waals surface area contributed by atoms with Crippen molar-refractivity contribution in [2.45, 2.75) is 26.2 Å². The van der Waals surface area contributed by atoms with Crippen LogP contribution in [0.1, 0.15) is 23.8 Å². The van der Waals surface area contributed by atoms with Crippen LogP contribution >= 0.6 is 11.3 Å². The Hall–Kier alpha value is -2.28. The maximum absolute atomic E-state index is 12.5. The van der Waals surface area contributed by atoms with Gasteiger partial charge in [0.25, 0.3) is 11.1 Å². The fraction of sp³-hybridized carbons (Fsp3) is 0.333. The van der Waals surface area contributed by atoms with Gasteiger partial charge in [-0.15, -0.1) is 11.3 Å². The summed E-state index contributed by atoms with van der Waals surface area (Å²) in [6.07, 6.45) is 5.71. The van der Waals surface area contributed by atoms with Crippen molar-refractivity contribution < 1.29 is 0 Å². The van der Waals surface area contributed by atoms with Gasteiger partial charge in [-0.1, -0.05) is 6.92 Å². The number of hydrogen-bond donors (Lipinski definition) is 2. The first kappa shape index (κ1) is 13.4. The van der Waals surface area contributed by atoms with Gasteiger partial charge in [0, 0.05) is 11.1 Å². The number of thiophene rings is 1. The van der Waals surface area contributed by atoms with E-state index in [1.165, 1.54) is 17.3 Å². The molecule has 1 aliphatic carbocycles. The molecule has 0 bridgehead atoms. The van der Waals surface area contributed by atoms with Crippen LogP contribution in [0.2, 0.25) is 0 Å². The van der Waals surface area contributed by atoms with Gasteiger partial charge in [-0.25, -0.2) is 9.97 Å². The van der Waals surface area contributed by atoms with E-state index in [1.807, 2.05) is 0 Å². The van der Waals surface area contributed by atoms with Crippen LogP contribution in [-0.4, -0.2) is 19.9 Å². The van der Waals surface area contributed by atoms with E-state index in [9.17, 15) is 9.59 Å². The summed E-state index contributed by atoms with van der Waals surface area (Å²) in [5.74, 6) is 1.04. The van der Waals surface area contributed by atoms with Gasteiger partial charge in [0.15, 0.2) is 5.82 Å². The Morgan fingerprint density at radius 2 is 2.23 bits per heavy atom. The van der Waals surface area contributed by atoms with Gasteiger partial charge in [-0.2, -0.15) is 0 Å². The molecule has 0 aliphatic heterocycles. The van der Waals surface area contributed by atoms with Gasteiger partial charge in [0.1, 0.15) is 10.5 Å². The Morgan fingerprint density at radius 3 is 3.00 bits per heavy atom. The Labute approximate surface area is 129 Å². The predicted octanol–water partition coefficient (Wildman–Crippen LogP) is 1.86. The summed E-state index contributed by atoms with van der Waals surface area (Å²) < 4.78 is 0. The number of nitrogens with one attached hydrogen (secondary N) is 2. The minimum Gasteiger partial charge on any atom is -0.325 e. The largest absolute Gasteiger partial charge is 0.325 e. The lowest BCUT2D eigenvalue weighted by molar-refractivity contribution is 0.509. The van der Waals surface area contributed by atoms with Gasteiger partial charge in [0.2, 0.25) is 0 Å². The quantitative estimate of drug-likeness (QED) is 0.717. The molecule has 2 N–H and O–H groups in total. The first-order chi connectivity index (χ1) is 10.6. The van der Waals surface area contributed by atoms with E-state index in [2.05, 4.69) is 26.9 Å². The van der Waals surface area contributed by atoms with E-state index < -0.39 is 0 Å². The van der Waals surface area contributed by atoms with E-state index >= 15 is 0 Å². The molecule has 112 valence electrons. The number of nitrogens with zero attached hydrogens (tertiary/aromatic N) is 2. The van der Waals surface area contributed by atoms with Gasteiger partial charge in [-0.05, 0) is 30.7 Å².